The van der Waals surface area contributed by atoms with Crippen LogP contribution < -0.4 is 5.32 Å². The normalized spacial score (nSPS) is 24.9. The summed E-state index contributed by atoms with van der Waals surface area (Å²) in [7, 11) is 0. The number of likely N-dealkylation sites (tertiary alicyclic amines) is 2. The van der Waals surface area contributed by atoms with E-state index in [0.717, 1.165) is 25.9 Å². The maximum atomic E-state index is 12.5. The largest absolute Gasteiger partial charge is 0.390 e. The van der Waals surface area contributed by atoms with Gasteiger partial charge in [0.1, 0.15) is 5.76 Å². The van der Waals surface area contributed by atoms with E-state index in [4.69, 9.17) is 4.52 Å². The molecule has 2 fully saturated rings. The number of piperidine rings is 1. The van der Waals surface area contributed by atoms with Crippen LogP contribution in [0.1, 0.15) is 48.4 Å². The number of aromatic nitrogens is 1. The molecule has 0 aliphatic carbocycles. The zero-order valence-electron chi connectivity index (χ0n) is 15.3. The van der Waals surface area contributed by atoms with Gasteiger partial charge in [-0.05, 0) is 26.2 Å². The van der Waals surface area contributed by atoms with Gasteiger partial charge in [0.15, 0.2) is 5.69 Å². The SMILES string of the molecule is Cc1cc(C(=O)N[C@@H]2CCN(CC(=O)N3CCCCCC3)C[C@H]2O)no1. The van der Waals surface area contributed by atoms with Crippen molar-refractivity contribution < 1.29 is 19.2 Å². The third-order valence-electron chi connectivity index (χ3n) is 5.16. The van der Waals surface area contributed by atoms with Crippen LogP contribution in [-0.4, -0.2) is 76.7 Å². The first-order chi connectivity index (χ1) is 12.5. The number of hydrogen-bond acceptors (Lipinski definition) is 6. The lowest BCUT2D eigenvalue weighted by Gasteiger charge is -2.36. The van der Waals surface area contributed by atoms with Crippen LogP contribution in [0.4, 0.5) is 0 Å². The summed E-state index contributed by atoms with van der Waals surface area (Å²) < 4.78 is 4.91. The first-order valence-corrected chi connectivity index (χ1v) is 9.45. The van der Waals surface area contributed by atoms with Crippen molar-refractivity contribution in [2.24, 2.45) is 0 Å². The first kappa shape index (κ1) is 18.8. The Morgan fingerprint density at radius 1 is 1.27 bits per heavy atom. The molecule has 1 aromatic rings. The first-order valence-electron chi connectivity index (χ1n) is 9.45. The number of hydrogen-bond donors (Lipinski definition) is 2. The minimum Gasteiger partial charge on any atom is -0.390 e. The van der Waals surface area contributed by atoms with Crippen molar-refractivity contribution in [1.82, 2.24) is 20.3 Å². The molecule has 0 radical (unpaired) electrons. The highest BCUT2D eigenvalue weighted by Gasteiger charge is 2.31. The van der Waals surface area contributed by atoms with Crippen LogP contribution in [0.25, 0.3) is 0 Å². The van der Waals surface area contributed by atoms with Crippen LogP contribution in [-0.2, 0) is 4.79 Å². The lowest BCUT2D eigenvalue weighted by Crippen LogP contribution is -2.55. The molecule has 8 heteroatoms. The summed E-state index contributed by atoms with van der Waals surface area (Å²) in [6.45, 7) is 4.77. The highest BCUT2D eigenvalue weighted by Crippen LogP contribution is 2.14. The molecule has 2 atom stereocenters. The van der Waals surface area contributed by atoms with Gasteiger partial charge in [-0.25, -0.2) is 0 Å². The number of aliphatic hydroxyl groups is 1. The van der Waals surface area contributed by atoms with E-state index in [-0.39, 0.29) is 23.6 Å². The van der Waals surface area contributed by atoms with Gasteiger partial charge in [0.05, 0.1) is 18.7 Å². The molecule has 2 aliphatic rings. The molecule has 2 amide bonds. The second-order valence-electron chi connectivity index (χ2n) is 7.29. The van der Waals surface area contributed by atoms with Crippen molar-refractivity contribution in [2.45, 2.75) is 51.2 Å². The number of nitrogens with one attached hydrogen (secondary N) is 1. The Morgan fingerprint density at radius 2 is 2.00 bits per heavy atom. The number of aliphatic hydroxyl groups excluding tert-OH is 1. The van der Waals surface area contributed by atoms with Crippen LogP contribution in [0.15, 0.2) is 10.6 Å². The van der Waals surface area contributed by atoms with E-state index in [1.54, 1.807) is 13.0 Å². The minimum atomic E-state index is -0.711. The van der Waals surface area contributed by atoms with Gasteiger partial charge >= 0.3 is 0 Å². The van der Waals surface area contributed by atoms with Crippen molar-refractivity contribution in [3.05, 3.63) is 17.5 Å². The average Bonchev–Trinajstić information content (AvgIpc) is 2.88. The van der Waals surface area contributed by atoms with E-state index in [9.17, 15) is 14.7 Å². The quantitative estimate of drug-likeness (QED) is 0.810. The topological polar surface area (TPSA) is 98.9 Å². The Morgan fingerprint density at radius 3 is 2.62 bits per heavy atom. The number of nitrogens with zero attached hydrogens (tertiary/aromatic N) is 3. The van der Waals surface area contributed by atoms with Gasteiger partial charge in [-0.3, -0.25) is 14.5 Å². The molecular formula is C18H28N4O4. The van der Waals surface area contributed by atoms with Gasteiger partial charge in [-0.2, -0.15) is 0 Å². The Hall–Kier alpha value is -1.93. The van der Waals surface area contributed by atoms with E-state index in [0.29, 0.717) is 31.8 Å². The molecule has 3 heterocycles. The van der Waals surface area contributed by atoms with Gasteiger partial charge in [0.2, 0.25) is 5.91 Å². The Labute approximate surface area is 153 Å². The van der Waals surface area contributed by atoms with Crippen LogP contribution in [0.2, 0.25) is 0 Å². The predicted octanol–water partition coefficient (Wildman–Crippen LogP) is 0.551. The second kappa shape index (κ2) is 8.64. The second-order valence-corrected chi connectivity index (χ2v) is 7.29. The van der Waals surface area contributed by atoms with Gasteiger partial charge in [0, 0.05) is 32.2 Å². The van der Waals surface area contributed by atoms with E-state index < -0.39 is 6.10 Å². The third kappa shape index (κ3) is 4.82. The highest BCUT2D eigenvalue weighted by atomic mass is 16.5. The van der Waals surface area contributed by atoms with Crippen LogP contribution >= 0.6 is 0 Å². The Bertz CT molecular complexity index is 624. The van der Waals surface area contributed by atoms with Gasteiger partial charge in [0.25, 0.3) is 5.91 Å². The van der Waals surface area contributed by atoms with Crippen molar-refractivity contribution in [3.8, 4) is 0 Å². The highest BCUT2D eigenvalue weighted by molar-refractivity contribution is 5.92. The van der Waals surface area contributed by atoms with Crippen molar-refractivity contribution >= 4 is 11.8 Å². The molecule has 0 bridgehead atoms. The number of carbonyl (C=O) groups is 2. The summed E-state index contributed by atoms with van der Waals surface area (Å²) in [4.78, 5) is 28.6. The molecule has 8 nitrogen and oxygen atoms in total. The summed E-state index contributed by atoms with van der Waals surface area (Å²) in [5.74, 6) is 0.359. The molecular weight excluding hydrogens is 336 g/mol. The molecule has 2 saturated heterocycles. The molecule has 2 aliphatic heterocycles. The number of amides is 2. The molecule has 3 rings (SSSR count). The summed E-state index contributed by atoms with van der Waals surface area (Å²) in [5, 5.41) is 16.9. The average molecular weight is 364 g/mol. The van der Waals surface area contributed by atoms with Crippen LogP contribution in [0.3, 0.4) is 0 Å². The number of aryl methyl sites for hydroxylation is 1. The standard InChI is InChI=1S/C18H28N4O4/c1-13-10-15(20-26-13)18(25)19-14-6-9-21(11-16(14)23)12-17(24)22-7-4-2-3-5-8-22/h10,14,16,23H,2-9,11-12H2,1H3,(H,19,25)/t14-,16-/m1/s1. The van der Waals surface area contributed by atoms with E-state index in [1.807, 2.05) is 9.80 Å². The fourth-order valence-electron chi connectivity index (χ4n) is 3.64. The molecule has 0 spiro atoms. The van der Waals surface area contributed by atoms with Crippen LogP contribution in [0, 0.1) is 6.92 Å². The monoisotopic (exact) mass is 364 g/mol. The molecule has 0 saturated carbocycles. The van der Waals surface area contributed by atoms with E-state index in [1.165, 1.54) is 12.8 Å². The summed E-state index contributed by atoms with van der Waals surface area (Å²) in [6.07, 6.45) is 4.42. The van der Waals surface area contributed by atoms with Crippen molar-refractivity contribution in [1.29, 1.82) is 0 Å². The molecule has 26 heavy (non-hydrogen) atoms. The maximum absolute atomic E-state index is 12.5. The predicted molar refractivity (Wildman–Crippen MR) is 94.6 cm³/mol. The van der Waals surface area contributed by atoms with Gasteiger partial charge < -0.3 is 19.8 Å². The summed E-state index contributed by atoms with van der Waals surface area (Å²) >= 11 is 0. The minimum absolute atomic E-state index is 0.139. The number of rotatable bonds is 4. The smallest absolute Gasteiger partial charge is 0.273 e. The Balaban J connectivity index is 1.47. The van der Waals surface area contributed by atoms with E-state index >= 15 is 0 Å². The summed E-state index contributed by atoms with van der Waals surface area (Å²) in [5.41, 5.74) is 0.216. The number of β-amino-alcohol motifs (C(OH)–C–C–N with tert-alkyl or cyclic N) is 1. The zero-order valence-corrected chi connectivity index (χ0v) is 15.3. The van der Waals surface area contributed by atoms with Crippen molar-refractivity contribution in [2.75, 3.05) is 32.7 Å². The molecule has 0 aromatic carbocycles. The van der Waals surface area contributed by atoms with Crippen molar-refractivity contribution in [3.63, 3.8) is 0 Å². The zero-order chi connectivity index (χ0) is 18.5. The molecule has 1 aromatic heterocycles. The maximum Gasteiger partial charge on any atom is 0.273 e. The lowest BCUT2D eigenvalue weighted by atomic mass is 10.0. The van der Waals surface area contributed by atoms with Gasteiger partial charge in [-0.1, -0.05) is 18.0 Å². The van der Waals surface area contributed by atoms with E-state index in [2.05, 4.69) is 10.5 Å². The van der Waals surface area contributed by atoms with Gasteiger partial charge in [-0.15, -0.1) is 0 Å². The molecule has 144 valence electrons. The fourth-order valence-corrected chi connectivity index (χ4v) is 3.64. The summed E-state index contributed by atoms with van der Waals surface area (Å²) in [6, 6.07) is 1.22. The third-order valence-corrected chi connectivity index (χ3v) is 5.16. The molecule has 2 N–H and O–H groups in total. The lowest BCUT2D eigenvalue weighted by molar-refractivity contribution is -0.133. The number of carbonyl (C=O) groups excluding carboxylic acids is 2. The fraction of sp³-hybridized carbons (Fsp3) is 0.722. The van der Waals surface area contributed by atoms with Crippen LogP contribution in [0.5, 0.6) is 0 Å². The Kier molecular flexibility index (Phi) is 6.26. The molecule has 0 unspecified atom stereocenters.